The highest BCUT2D eigenvalue weighted by Gasteiger charge is 2.31. The van der Waals surface area contributed by atoms with E-state index in [0.717, 1.165) is 36.9 Å². The normalized spacial score (nSPS) is 16.7. The molecule has 2 N–H and O–H groups in total. The maximum Gasteiger partial charge on any atom is 0.243 e. The van der Waals surface area contributed by atoms with E-state index < -0.39 is 6.04 Å². The third-order valence-electron chi connectivity index (χ3n) is 4.13. The van der Waals surface area contributed by atoms with Gasteiger partial charge in [-0.15, -0.1) is 0 Å². The van der Waals surface area contributed by atoms with Gasteiger partial charge in [-0.3, -0.25) is 9.59 Å². The lowest BCUT2D eigenvalue weighted by molar-refractivity contribution is -0.129. The van der Waals surface area contributed by atoms with Gasteiger partial charge in [-0.25, -0.2) is 0 Å². The van der Waals surface area contributed by atoms with Crippen molar-refractivity contribution in [2.75, 3.05) is 0 Å². The summed E-state index contributed by atoms with van der Waals surface area (Å²) in [6.45, 7) is 5.50. The van der Waals surface area contributed by atoms with Crippen molar-refractivity contribution >= 4 is 11.8 Å². The predicted molar refractivity (Wildman–Crippen MR) is 77.4 cm³/mol. The first-order chi connectivity index (χ1) is 9.99. The van der Waals surface area contributed by atoms with Gasteiger partial charge in [-0.1, -0.05) is 18.0 Å². The first kappa shape index (κ1) is 15.5. The summed E-state index contributed by atoms with van der Waals surface area (Å²) in [5.41, 5.74) is 1.68. The maximum atomic E-state index is 12.4. The van der Waals surface area contributed by atoms with E-state index in [4.69, 9.17) is 4.52 Å². The lowest BCUT2D eigenvalue weighted by atomic mass is 9.97. The standard InChI is InChI=1S/C15H23N3O3/c1-9-13(10(2)21-18-9)8-16-15(20)14(17-11(3)19)12-6-4-5-7-12/h12,14H,4-8H2,1-3H3,(H,16,20)(H,17,19)/t14-/m1/s1. The lowest BCUT2D eigenvalue weighted by Crippen LogP contribution is -2.49. The van der Waals surface area contributed by atoms with Crippen LogP contribution in [0.3, 0.4) is 0 Å². The van der Waals surface area contributed by atoms with Crippen molar-refractivity contribution in [3.05, 3.63) is 17.0 Å². The van der Waals surface area contributed by atoms with E-state index in [9.17, 15) is 9.59 Å². The van der Waals surface area contributed by atoms with Crippen molar-refractivity contribution < 1.29 is 14.1 Å². The van der Waals surface area contributed by atoms with Crippen LogP contribution in [0.25, 0.3) is 0 Å². The molecule has 0 aromatic carbocycles. The zero-order chi connectivity index (χ0) is 15.4. The molecule has 0 spiro atoms. The average Bonchev–Trinajstić information content (AvgIpc) is 3.05. The number of nitrogens with one attached hydrogen (secondary N) is 2. The molecule has 1 aliphatic rings. The molecule has 2 rings (SSSR count). The Morgan fingerprint density at radius 3 is 2.52 bits per heavy atom. The fraction of sp³-hybridized carbons (Fsp3) is 0.667. The molecule has 1 heterocycles. The second-order valence-electron chi connectivity index (χ2n) is 5.74. The number of hydrogen-bond donors (Lipinski definition) is 2. The van der Waals surface area contributed by atoms with Crippen molar-refractivity contribution in [3.63, 3.8) is 0 Å². The number of aryl methyl sites for hydroxylation is 2. The summed E-state index contributed by atoms with van der Waals surface area (Å²) in [7, 11) is 0. The Kier molecular flexibility index (Phi) is 4.98. The van der Waals surface area contributed by atoms with Gasteiger partial charge < -0.3 is 15.2 Å². The quantitative estimate of drug-likeness (QED) is 0.863. The molecule has 0 unspecified atom stereocenters. The van der Waals surface area contributed by atoms with Gasteiger partial charge in [-0.05, 0) is 32.6 Å². The number of hydrogen-bond acceptors (Lipinski definition) is 4. The van der Waals surface area contributed by atoms with Gasteiger partial charge >= 0.3 is 0 Å². The second-order valence-corrected chi connectivity index (χ2v) is 5.74. The first-order valence-electron chi connectivity index (χ1n) is 7.45. The Labute approximate surface area is 124 Å². The highest BCUT2D eigenvalue weighted by molar-refractivity contribution is 5.87. The summed E-state index contributed by atoms with van der Waals surface area (Å²) < 4.78 is 5.08. The van der Waals surface area contributed by atoms with E-state index in [-0.39, 0.29) is 17.7 Å². The smallest absolute Gasteiger partial charge is 0.243 e. The minimum absolute atomic E-state index is 0.128. The number of carbonyl (C=O) groups excluding carboxylic acids is 2. The molecule has 0 aliphatic heterocycles. The highest BCUT2D eigenvalue weighted by Crippen LogP contribution is 2.28. The van der Waals surface area contributed by atoms with Crippen LogP contribution in [-0.4, -0.2) is 23.0 Å². The van der Waals surface area contributed by atoms with Crippen molar-refractivity contribution in [1.29, 1.82) is 0 Å². The summed E-state index contributed by atoms with van der Waals surface area (Å²) in [4.78, 5) is 23.7. The van der Waals surface area contributed by atoms with Gasteiger partial charge in [0.25, 0.3) is 0 Å². The molecular formula is C15H23N3O3. The van der Waals surface area contributed by atoms with Crippen molar-refractivity contribution in [1.82, 2.24) is 15.8 Å². The SMILES string of the molecule is CC(=O)N[C@@H](C(=O)NCc1c(C)noc1C)C1CCCC1. The number of rotatable bonds is 5. The molecule has 21 heavy (non-hydrogen) atoms. The van der Waals surface area contributed by atoms with Crippen LogP contribution in [0.1, 0.15) is 49.6 Å². The Balaban J connectivity index is 1.99. The van der Waals surface area contributed by atoms with E-state index in [1.807, 2.05) is 13.8 Å². The molecule has 116 valence electrons. The van der Waals surface area contributed by atoms with Gasteiger partial charge in [0, 0.05) is 19.0 Å². The summed E-state index contributed by atoms with van der Waals surface area (Å²) in [6.07, 6.45) is 4.23. The van der Waals surface area contributed by atoms with Crippen LogP contribution in [0.2, 0.25) is 0 Å². The zero-order valence-corrected chi connectivity index (χ0v) is 12.9. The molecule has 6 nitrogen and oxygen atoms in total. The Morgan fingerprint density at radius 1 is 1.33 bits per heavy atom. The Hall–Kier alpha value is -1.85. The Bertz CT molecular complexity index is 499. The first-order valence-corrected chi connectivity index (χ1v) is 7.45. The fourth-order valence-corrected chi connectivity index (χ4v) is 2.95. The molecule has 1 fully saturated rings. The van der Waals surface area contributed by atoms with Gasteiger partial charge in [0.05, 0.1) is 5.69 Å². The lowest BCUT2D eigenvalue weighted by Gasteiger charge is -2.23. The molecule has 2 amide bonds. The van der Waals surface area contributed by atoms with Crippen LogP contribution in [0.5, 0.6) is 0 Å². The van der Waals surface area contributed by atoms with E-state index in [2.05, 4.69) is 15.8 Å². The van der Waals surface area contributed by atoms with Gasteiger partial charge in [0.2, 0.25) is 11.8 Å². The topological polar surface area (TPSA) is 84.2 Å². The summed E-state index contributed by atoms with van der Waals surface area (Å²) >= 11 is 0. The van der Waals surface area contributed by atoms with Gasteiger partial charge in [0.15, 0.2) is 0 Å². The van der Waals surface area contributed by atoms with Crippen molar-refractivity contribution in [2.45, 2.75) is 59.0 Å². The number of carbonyl (C=O) groups is 2. The van der Waals surface area contributed by atoms with Crippen LogP contribution in [0.4, 0.5) is 0 Å². The predicted octanol–water partition coefficient (Wildman–Crippen LogP) is 1.60. The monoisotopic (exact) mass is 293 g/mol. The van der Waals surface area contributed by atoms with Gasteiger partial charge in [0.1, 0.15) is 11.8 Å². The molecule has 6 heteroatoms. The minimum Gasteiger partial charge on any atom is -0.361 e. The highest BCUT2D eigenvalue weighted by atomic mass is 16.5. The van der Waals surface area contributed by atoms with Crippen LogP contribution in [0, 0.1) is 19.8 Å². The van der Waals surface area contributed by atoms with E-state index in [1.165, 1.54) is 6.92 Å². The summed E-state index contributed by atoms with van der Waals surface area (Å²) in [6, 6.07) is -0.439. The molecule has 0 saturated heterocycles. The second kappa shape index (κ2) is 6.74. The third-order valence-corrected chi connectivity index (χ3v) is 4.13. The molecule has 1 saturated carbocycles. The molecule has 0 bridgehead atoms. The van der Waals surface area contributed by atoms with Crippen LogP contribution >= 0.6 is 0 Å². The van der Waals surface area contributed by atoms with Crippen molar-refractivity contribution in [3.8, 4) is 0 Å². The van der Waals surface area contributed by atoms with Crippen LogP contribution in [0.15, 0.2) is 4.52 Å². The fourth-order valence-electron chi connectivity index (χ4n) is 2.95. The number of aromatic nitrogens is 1. The third kappa shape index (κ3) is 3.83. The number of nitrogens with zero attached hydrogens (tertiary/aromatic N) is 1. The molecular weight excluding hydrogens is 270 g/mol. The number of amides is 2. The maximum absolute atomic E-state index is 12.4. The van der Waals surface area contributed by atoms with E-state index in [0.29, 0.717) is 12.3 Å². The molecule has 1 aliphatic carbocycles. The molecule has 1 aromatic rings. The summed E-state index contributed by atoms with van der Waals surface area (Å²) in [5, 5.41) is 9.56. The van der Waals surface area contributed by atoms with Crippen molar-refractivity contribution in [2.24, 2.45) is 5.92 Å². The van der Waals surface area contributed by atoms with Crippen LogP contribution in [-0.2, 0) is 16.1 Å². The van der Waals surface area contributed by atoms with E-state index >= 15 is 0 Å². The average molecular weight is 293 g/mol. The Morgan fingerprint density at radius 2 is 2.00 bits per heavy atom. The molecule has 0 radical (unpaired) electrons. The zero-order valence-electron chi connectivity index (χ0n) is 12.9. The molecule has 1 aromatic heterocycles. The van der Waals surface area contributed by atoms with Gasteiger partial charge in [-0.2, -0.15) is 0 Å². The van der Waals surface area contributed by atoms with E-state index in [1.54, 1.807) is 0 Å². The van der Waals surface area contributed by atoms with Crippen LogP contribution < -0.4 is 10.6 Å². The molecule has 1 atom stereocenters. The minimum atomic E-state index is -0.439. The largest absolute Gasteiger partial charge is 0.361 e. The summed E-state index contributed by atoms with van der Waals surface area (Å²) in [5.74, 6) is 0.653.